The van der Waals surface area contributed by atoms with Crippen LogP contribution in [0.5, 0.6) is 0 Å². The molecule has 5 amide bonds. The molecule has 7 N–H and O–H groups in total. The van der Waals surface area contributed by atoms with Gasteiger partial charge in [-0.2, -0.15) is 0 Å². The van der Waals surface area contributed by atoms with Gasteiger partial charge in [-0.1, -0.05) is 113 Å². The average molecular weight is 1370 g/mol. The highest BCUT2D eigenvalue weighted by molar-refractivity contribution is 6.01. The lowest BCUT2D eigenvalue weighted by Crippen LogP contribution is -2.80. The Morgan fingerprint density at radius 2 is 1.36 bits per heavy atom. The van der Waals surface area contributed by atoms with Gasteiger partial charge in [0.15, 0.2) is 23.3 Å². The first-order valence-electron chi connectivity index (χ1n) is 32.4. The lowest BCUT2D eigenvalue weighted by atomic mass is 9.43. The Morgan fingerprint density at radius 1 is 0.737 bits per heavy atom. The van der Waals surface area contributed by atoms with Crippen LogP contribution in [0.1, 0.15) is 126 Å². The summed E-state index contributed by atoms with van der Waals surface area (Å²) in [5.74, 6) is -12.0. The highest BCUT2D eigenvalue weighted by Crippen LogP contribution is 2.66. The number of carbonyl (C=O) groups is 12. The summed E-state index contributed by atoms with van der Waals surface area (Å²) in [6.07, 6.45) is -11.1. The number of aliphatic hydroxyl groups is 1. The molecule has 0 aromatic heterocycles. The molecule has 4 unspecified atom stereocenters. The van der Waals surface area contributed by atoms with Gasteiger partial charge >= 0.3 is 30.0 Å². The maximum Gasteiger partial charge on any atom is 0.509 e. The fourth-order valence-corrected chi connectivity index (χ4v) is 13.7. The molecule has 27 heteroatoms. The quantitative estimate of drug-likeness (QED) is 0.0178. The van der Waals surface area contributed by atoms with E-state index in [4.69, 9.17) is 48.4 Å². The third-order valence-corrected chi connectivity index (χ3v) is 19.2. The molecule has 1 saturated heterocycles. The van der Waals surface area contributed by atoms with Gasteiger partial charge in [0, 0.05) is 61.8 Å². The van der Waals surface area contributed by atoms with E-state index in [1.807, 2.05) is 0 Å². The van der Waals surface area contributed by atoms with E-state index in [-0.39, 0.29) is 78.6 Å². The number of benzene rings is 4. The summed E-state index contributed by atoms with van der Waals surface area (Å²) in [6.45, 7) is 12.5. The molecule has 0 radical (unpaired) electrons. The van der Waals surface area contributed by atoms with Crippen molar-refractivity contribution in [2.75, 3.05) is 38.9 Å². The second-order valence-corrected chi connectivity index (χ2v) is 26.2. The summed E-state index contributed by atoms with van der Waals surface area (Å²) in [7, 11) is 1.48. The number of rotatable bonds is 28. The van der Waals surface area contributed by atoms with E-state index < -0.39 is 173 Å². The van der Waals surface area contributed by atoms with Crippen LogP contribution in [0.15, 0.2) is 126 Å². The molecule has 2 bridgehead atoms. The number of fused-ring (bicyclic) bond motifs is 5. The molecule has 1 heterocycles. The van der Waals surface area contributed by atoms with Gasteiger partial charge < -0.3 is 74.7 Å². The number of nitrogens with two attached hydrogens (primary N) is 1. The number of anilines is 1. The highest BCUT2D eigenvalue weighted by atomic mass is 16.7. The third kappa shape index (κ3) is 16.7. The van der Waals surface area contributed by atoms with Gasteiger partial charge in [-0.05, 0) is 84.9 Å². The Morgan fingerprint density at radius 3 is 1.95 bits per heavy atom. The predicted molar refractivity (Wildman–Crippen MR) is 350 cm³/mol. The molecule has 0 spiro atoms. The number of primary amides is 1. The molecule has 2 saturated carbocycles. The lowest BCUT2D eigenvalue weighted by molar-refractivity contribution is -0.340. The van der Waals surface area contributed by atoms with Crippen LogP contribution in [0, 0.1) is 28.6 Å². The second kappa shape index (κ2) is 31.9. The maximum absolute atomic E-state index is 16.1. The van der Waals surface area contributed by atoms with Crippen molar-refractivity contribution >= 4 is 76.8 Å². The number of ether oxygens (including phenoxy) is 9. The van der Waals surface area contributed by atoms with Crippen molar-refractivity contribution in [2.45, 2.75) is 154 Å². The zero-order chi connectivity index (χ0) is 72.3. The Balaban J connectivity index is 1.09. The van der Waals surface area contributed by atoms with Crippen LogP contribution < -0.4 is 27.0 Å². The van der Waals surface area contributed by atoms with Gasteiger partial charge in [-0.15, -0.1) is 0 Å². The number of esters is 4. The fraction of sp³-hybridized carbons (Fsp3) is 0.472. The number of ketones is 2. The summed E-state index contributed by atoms with van der Waals surface area (Å²) in [5.41, 5.74) is -1.30. The van der Waals surface area contributed by atoms with Gasteiger partial charge in [0.1, 0.15) is 55.3 Å². The number of hydrogen-bond acceptors (Lipinski definition) is 22. The minimum atomic E-state index is -2.47. The van der Waals surface area contributed by atoms with Crippen LogP contribution in [0.2, 0.25) is 0 Å². The summed E-state index contributed by atoms with van der Waals surface area (Å²) in [4.78, 5) is 166. The minimum absolute atomic E-state index is 0.0154. The number of carbonyl (C=O) groups excluding carboxylic acids is 12. The van der Waals surface area contributed by atoms with E-state index in [0.717, 1.165) is 6.92 Å². The molecule has 3 aliphatic carbocycles. The Bertz CT molecular complexity index is 3720. The maximum atomic E-state index is 16.1. The summed E-state index contributed by atoms with van der Waals surface area (Å²) < 4.78 is 53.2. The van der Waals surface area contributed by atoms with E-state index >= 15 is 9.59 Å². The van der Waals surface area contributed by atoms with Crippen LogP contribution in [0.25, 0.3) is 0 Å². The van der Waals surface area contributed by atoms with Crippen LogP contribution in [-0.2, 0) is 92.4 Å². The van der Waals surface area contributed by atoms with Crippen molar-refractivity contribution in [1.29, 1.82) is 0 Å². The first kappa shape index (κ1) is 75.1. The molecular weight excluding hydrogens is 1290 g/mol. The number of amides is 5. The molecule has 8 rings (SSSR count). The van der Waals surface area contributed by atoms with Crippen molar-refractivity contribution in [3.8, 4) is 0 Å². The van der Waals surface area contributed by atoms with Crippen molar-refractivity contribution in [3.63, 3.8) is 0 Å². The molecule has 4 aromatic rings. The molecule has 99 heavy (non-hydrogen) atoms. The Labute approximate surface area is 572 Å². The Kier molecular flexibility index (Phi) is 24.2. The first-order valence-corrected chi connectivity index (χ1v) is 32.4. The predicted octanol–water partition coefficient (Wildman–Crippen LogP) is 5.43. The van der Waals surface area contributed by atoms with E-state index in [1.54, 1.807) is 94.4 Å². The fourth-order valence-electron chi connectivity index (χ4n) is 13.7. The number of hydrogen-bond donors (Lipinski definition) is 6. The van der Waals surface area contributed by atoms with Crippen LogP contribution >= 0.6 is 0 Å². The van der Waals surface area contributed by atoms with Crippen LogP contribution in [-0.4, -0.2) is 164 Å². The molecule has 1 aliphatic heterocycles. The van der Waals surface area contributed by atoms with Crippen LogP contribution in [0.4, 0.5) is 10.5 Å². The molecule has 530 valence electrons. The summed E-state index contributed by atoms with van der Waals surface area (Å²) >= 11 is 0. The first-order chi connectivity index (χ1) is 46.9. The van der Waals surface area contributed by atoms with Gasteiger partial charge in [0.05, 0.1) is 37.7 Å². The third-order valence-electron chi connectivity index (χ3n) is 19.2. The van der Waals surface area contributed by atoms with E-state index in [1.165, 1.54) is 83.3 Å². The van der Waals surface area contributed by atoms with E-state index in [9.17, 15) is 53.1 Å². The molecule has 4 aromatic carbocycles. The lowest BCUT2D eigenvalue weighted by Gasteiger charge is -2.68. The number of Topliss-reactive ketones (excluding diaryl/α,β-unsaturated/α-hetero) is 2. The van der Waals surface area contributed by atoms with Crippen molar-refractivity contribution < 1.29 is 105 Å². The molecule has 4 aliphatic rings. The normalized spacial score (nSPS) is 24.9. The zero-order valence-electron chi connectivity index (χ0n) is 56.8. The molecule has 27 nitrogen and oxygen atoms in total. The largest absolute Gasteiger partial charge is 0.509 e. The number of nitrogens with one attached hydrogen (secondary N) is 4. The highest BCUT2D eigenvalue weighted by Gasteiger charge is 2.78. The van der Waals surface area contributed by atoms with E-state index in [2.05, 4.69) is 21.3 Å². The summed E-state index contributed by atoms with van der Waals surface area (Å²) in [5, 5.41) is 24.5. The van der Waals surface area contributed by atoms with E-state index in [0.29, 0.717) is 5.56 Å². The number of methoxy groups -OCH3 is 1. The second-order valence-electron chi connectivity index (χ2n) is 26.2. The molecule has 14 atom stereocenters. The Hall–Kier alpha value is -9.70. The van der Waals surface area contributed by atoms with Gasteiger partial charge in [0.2, 0.25) is 29.7 Å². The molecule has 3 fully saturated rings. The standard InChI is InChI=1S/C72H85N5O22/c1-39(32-50(80)37-92-31-30-91-10)62(83)74-42(4)63(84)76-51(34-54(73)81)65(86)75-49-28-26-45(27-29-49)36-93-68(89)97-58(56(46-20-14-11-15-21-46)77-64(85)47-22-16-12-17-23-47)67(88)96-52-35-72(90)61(98-66(87)48-24-18-13-19-25-48)59-70(9,40(2)33-53-71(59,38-94-53)99-44(6)79)60(82)57(95-43(5)78)55(41(52)3)69(72,7)8/h11-29,39-40,42,51-53,56-59,61,90H,30-38H2,1-10H3,(H2,73,81)(H,74,83)(H,75,86)(H,76,84)(H,77,85)/t39-,40-,42+,51+,52?,53?,56?,57+,58+,59-,61?,70+,71-,72+/m0/s1. The zero-order valence-corrected chi connectivity index (χ0v) is 56.8. The van der Waals surface area contributed by atoms with Gasteiger partial charge in [-0.3, -0.25) is 43.2 Å². The SMILES string of the molecule is COCCOCC(=O)C[C@H](C)C(=O)N[C@H](C)C(=O)N[C@H](CC(N)=O)C(=O)Nc1ccc(COC(=O)O[C@@H](C(=O)OC2C[C@@]3(O)C(OC(=O)c4ccccc4)[C@H]4[C@](C)(C(=O)[C@H](OC(C)=O)C(=C2C)C3(C)C)[C@@H](C)CC2OC[C@]24OC(C)=O)C(NC(=O)c2ccccc2)c2ccccc2)cc1. The van der Waals surface area contributed by atoms with Gasteiger partial charge in [-0.25, -0.2) is 14.4 Å². The smallest absolute Gasteiger partial charge is 0.455 e. The monoisotopic (exact) mass is 1370 g/mol. The average Bonchev–Trinajstić information content (AvgIpc) is 0.670. The van der Waals surface area contributed by atoms with Crippen LogP contribution in [0.3, 0.4) is 0 Å². The topological polar surface area (TPSA) is 382 Å². The van der Waals surface area contributed by atoms with Crippen molar-refractivity contribution in [1.82, 2.24) is 16.0 Å². The molecular formula is C72H85N5O22. The van der Waals surface area contributed by atoms with Crippen molar-refractivity contribution in [3.05, 3.63) is 149 Å². The minimum Gasteiger partial charge on any atom is -0.455 e. The van der Waals surface area contributed by atoms with Gasteiger partial charge in [0.25, 0.3) is 5.91 Å². The summed E-state index contributed by atoms with van der Waals surface area (Å²) in [6, 6.07) is 25.0. The van der Waals surface area contributed by atoms with Crippen molar-refractivity contribution in [2.24, 2.45) is 34.3 Å².